The van der Waals surface area contributed by atoms with E-state index in [1.165, 1.54) is 5.56 Å². The molecular weight excluding hydrogens is 176 g/mol. The molecule has 1 aromatic carbocycles. The first-order chi connectivity index (χ1) is 6.76. The van der Waals surface area contributed by atoms with Crippen LogP contribution in [0.4, 0.5) is 0 Å². The van der Waals surface area contributed by atoms with E-state index in [1.807, 2.05) is 19.2 Å². The van der Waals surface area contributed by atoms with E-state index in [9.17, 15) is 0 Å². The third kappa shape index (κ3) is 3.36. The van der Waals surface area contributed by atoms with Gasteiger partial charge < -0.3 is 10.5 Å². The highest BCUT2D eigenvalue weighted by molar-refractivity contribution is 5.27. The average molecular weight is 194 g/mol. The van der Waals surface area contributed by atoms with E-state index in [4.69, 9.17) is 10.5 Å². The third-order valence-corrected chi connectivity index (χ3v) is 2.25. The number of benzene rings is 1. The summed E-state index contributed by atoms with van der Waals surface area (Å²) in [6.45, 7) is 1.60. The van der Waals surface area contributed by atoms with Gasteiger partial charge in [-0.25, -0.2) is 0 Å². The lowest BCUT2D eigenvalue weighted by atomic mass is 10.1. The van der Waals surface area contributed by atoms with Crippen LogP contribution in [0.1, 0.15) is 5.56 Å². The molecule has 0 bridgehead atoms. The second kappa shape index (κ2) is 5.62. The standard InChI is InChI=1S/C11H18N2O/c1-13(9-12)8-7-10-3-5-11(14-2)6-4-10/h3-6H,7-9,12H2,1-2H3. The molecule has 0 radical (unpaired) electrons. The lowest BCUT2D eigenvalue weighted by Crippen LogP contribution is -2.27. The molecule has 3 heteroatoms. The lowest BCUT2D eigenvalue weighted by molar-refractivity contribution is 0.349. The van der Waals surface area contributed by atoms with Crippen molar-refractivity contribution in [1.82, 2.24) is 4.90 Å². The number of likely N-dealkylation sites (N-methyl/N-ethyl adjacent to an activating group) is 1. The first kappa shape index (κ1) is 11.0. The molecule has 0 atom stereocenters. The van der Waals surface area contributed by atoms with Crippen molar-refractivity contribution in [2.75, 3.05) is 27.4 Å². The second-order valence-corrected chi connectivity index (χ2v) is 3.36. The zero-order valence-corrected chi connectivity index (χ0v) is 8.86. The number of nitrogens with zero attached hydrogens (tertiary/aromatic N) is 1. The Kier molecular flexibility index (Phi) is 4.43. The molecule has 0 saturated carbocycles. The summed E-state index contributed by atoms with van der Waals surface area (Å²) in [5.41, 5.74) is 6.80. The van der Waals surface area contributed by atoms with Crippen molar-refractivity contribution in [2.24, 2.45) is 5.73 Å². The molecule has 78 valence electrons. The van der Waals surface area contributed by atoms with Crippen molar-refractivity contribution in [3.8, 4) is 5.75 Å². The van der Waals surface area contributed by atoms with Gasteiger partial charge in [-0.1, -0.05) is 12.1 Å². The molecule has 0 aliphatic heterocycles. The predicted molar refractivity (Wildman–Crippen MR) is 58.4 cm³/mol. The van der Waals surface area contributed by atoms with E-state index in [0.29, 0.717) is 6.67 Å². The number of methoxy groups -OCH3 is 1. The van der Waals surface area contributed by atoms with Crippen molar-refractivity contribution in [2.45, 2.75) is 6.42 Å². The van der Waals surface area contributed by atoms with Crippen LogP contribution < -0.4 is 10.5 Å². The molecule has 1 aromatic rings. The Labute approximate surface area is 85.5 Å². The summed E-state index contributed by atoms with van der Waals surface area (Å²) < 4.78 is 5.09. The molecule has 0 amide bonds. The Hall–Kier alpha value is -1.06. The number of rotatable bonds is 5. The van der Waals surface area contributed by atoms with Crippen LogP contribution in [-0.2, 0) is 6.42 Å². The molecule has 0 aromatic heterocycles. The topological polar surface area (TPSA) is 38.5 Å². The van der Waals surface area contributed by atoms with Gasteiger partial charge in [-0.3, -0.25) is 4.90 Å². The molecule has 2 N–H and O–H groups in total. The Morgan fingerprint density at radius 3 is 2.43 bits per heavy atom. The van der Waals surface area contributed by atoms with Gasteiger partial charge in [-0.05, 0) is 31.2 Å². The van der Waals surface area contributed by atoms with E-state index >= 15 is 0 Å². The number of hydrogen-bond acceptors (Lipinski definition) is 3. The highest BCUT2D eigenvalue weighted by atomic mass is 16.5. The highest BCUT2D eigenvalue weighted by Crippen LogP contribution is 2.11. The highest BCUT2D eigenvalue weighted by Gasteiger charge is 1.97. The normalized spacial score (nSPS) is 10.6. The molecule has 0 heterocycles. The summed E-state index contributed by atoms with van der Waals surface area (Å²) in [5.74, 6) is 0.904. The minimum atomic E-state index is 0.607. The monoisotopic (exact) mass is 194 g/mol. The zero-order chi connectivity index (χ0) is 10.4. The van der Waals surface area contributed by atoms with E-state index in [-0.39, 0.29) is 0 Å². The molecule has 0 aliphatic rings. The summed E-state index contributed by atoms with van der Waals surface area (Å²) in [5, 5.41) is 0. The van der Waals surface area contributed by atoms with Crippen LogP contribution in [0.5, 0.6) is 5.75 Å². The maximum Gasteiger partial charge on any atom is 0.118 e. The van der Waals surface area contributed by atoms with Gasteiger partial charge in [0.25, 0.3) is 0 Å². The fourth-order valence-corrected chi connectivity index (χ4v) is 1.20. The van der Waals surface area contributed by atoms with Gasteiger partial charge in [-0.15, -0.1) is 0 Å². The number of nitrogens with two attached hydrogens (primary N) is 1. The number of hydrogen-bond donors (Lipinski definition) is 1. The minimum absolute atomic E-state index is 0.607. The van der Waals surface area contributed by atoms with E-state index in [0.717, 1.165) is 18.7 Å². The summed E-state index contributed by atoms with van der Waals surface area (Å²) in [4.78, 5) is 2.09. The minimum Gasteiger partial charge on any atom is -0.497 e. The zero-order valence-electron chi connectivity index (χ0n) is 8.86. The summed E-state index contributed by atoms with van der Waals surface area (Å²) >= 11 is 0. The fourth-order valence-electron chi connectivity index (χ4n) is 1.20. The van der Waals surface area contributed by atoms with Gasteiger partial charge in [0.1, 0.15) is 5.75 Å². The Morgan fingerprint density at radius 1 is 1.29 bits per heavy atom. The van der Waals surface area contributed by atoms with Crippen LogP contribution in [0.25, 0.3) is 0 Å². The van der Waals surface area contributed by atoms with Crippen molar-refractivity contribution < 1.29 is 4.74 Å². The fraction of sp³-hybridized carbons (Fsp3) is 0.455. The second-order valence-electron chi connectivity index (χ2n) is 3.36. The Bertz CT molecular complexity index is 258. The third-order valence-electron chi connectivity index (χ3n) is 2.25. The van der Waals surface area contributed by atoms with E-state index in [2.05, 4.69) is 17.0 Å². The molecule has 0 saturated heterocycles. The van der Waals surface area contributed by atoms with E-state index in [1.54, 1.807) is 7.11 Å². The first-order valence-electron chi connectivity index (χ1n) is 4.78. The summed E-state index contributed by atoms with van der Waals surface area (Å²) in [7, 11) is 3.70. The lowest BCUT2D eigenvalue weighted by Gasteiger charge is -2.13. The Balaban J connectivity index is 2.43. The van der Waals surface area contributed by atoms with Crippen LogP contribution in [0, 0.1) is 0 Å². The molecule has 3 nitrogen and oxygen atoms in total. The van der Waals surface area contributed by atoms with E-state index < -0.39 is 0 Å². The maximum absolute atomic E-state index is 5.49. The van der Waals surface area contributed by atoms with Gasteiger partial charge in [0.15, 0.2) is 0 Å². The van der Waals surface area contributed by atoms with Crippen molar-refractivity contribution >= 4 is 0 Å². The molecule has 14 heavy (non-hydrogen) atoms. The first-order valence-corrected chi connectivity index (χ1v) is 4.78. The van der Waals surface area contributed by atoms with Crippen molar-refractivity contribution in [3.63, 3.8) is 0 Å². The maximum atomic E-state index is 5.49. The molecule has 0 unspecified atom stereocenters. The quantitative estimate of drug-likeness (QED) is 0.713. The van der Waals surface area contributed by atoms with Crippen LogP contribution in [0.15, 0.2) is 24.3 Å². The van der Waals surface area contributed by atoms with Gasteiger partial charge in [-0.2, -0.15) is 0 Å². The Morgan fingerprint density at radius 2 is 1.93 bits per heavy atom. The molecule has 0 aliphatic carbocycles. The largest absolute Gasteiger partial charge is 0.497 e. The van der Waals surface area contributed by atoms with Crippen LogP contribution in [0.3, 0.4) is 0 Å². The van der Waals surface area contributed by atoms with Gasteiger partial charge >= 0.3 is 0 Å². The smallest absolute Gasteiger partial charge is 0.118 e. The summed E-state index contributed by atoms with van der Waals surface area (Å²) in [6, 6.07) is 8.14. The SMILES string of the molecule is COc1ccc(CCN(C)CN)cc1. The molecule has 1 rings (SSSR count). The predicted octanol–water partition coefficient (Wildman–Crippen LogP) is 1.09. The molecule has 0 fully saturated rings. The van der Waals surface area contributed by atoms with Crippen LogP contribution >= 0.6 is 0 Å². The van der Waals surface area contributed by atoms with Crippen molar-refractivity contribution in [3.05, 3.63) is 29.8 Å². The van der Waals surface area contributed by atoms with Crippen LogP contribution in [0.2, 0.25) is 0 Å². The van der Waals surface area contributed by atoms with Gasteiger partial charge in [0.05, 0.1) is 7.11 Å². The van der Waals surface area contributed by atoms with Crippen molar-refractivity contribution in [1.29, 1.82) is 0 Å². The van der Waals surface area contributed by atoms with Gasteiger partial charge in [0, 0.05) is 13.2 Å². The molecule has 0 spiro atoms. The molecular formula is C11H18N2O. The van der Waals surface area contributed by atoms with Crippen LogP contribution in [-0.4, -0.2) is 32.3 Å². The number of ether oxygens (including phenoxy) is 1. The summed E-state index contributed by atoms with van der Waals surface area (Å²) in [6.07, 6.45) is 1.03. The van der Waals surface area contributed by atoms with Gasteiger partial charge in [0.2, 0.25) is 0 Å². The average Bonchev–Trinajstić information content (AvgIpc) is 2.26.